The number of aromatic nitrogens is 2. The van der Waals surface area contributed by atoms with Gasteiger partial charge in [0, 0.05) is 31.3 Å². The van der Waals surface area contributed by atoms with Crippen LogP contribution >= 0.6 is 0 Å². The largest absolute Gasteiger partial charge is 0.377 e. The second-order valence-electron chi connectivity index (χ2n) is 3.83. The summed E-state index contributed by atoms with van der Waals surface area (Å²) in [6.45, 7) is 3.43. The van der Waals surface area contributed by atoms with Crippen LogP contribution in [0.2, 0.25) is 0 Å². The van der Waals surface area contributed by atoms with Crippen molar-refractivity contribution in [3.8, 4) is 0 Å². The molecule has 0 atom stereocenters. The molecule has 0 aromatic carbocycles. The van der Waals surface area contributed by atoms with Gasteiger partial charge in [0.25, 0.3) is 0 Å². The Bertz CT molecular complexity index is 312. The highest BCUT2D eigenvalue weighted by Gasteiger charge is 2.26. The lowest BCUT2D eigenvalue weighted by molar-refractivity contribution is 0.177. The lowest BCUT2D eigenvalue weighted by atomic mass is 10.2. The van der Waals surface area contributed by atoms with Crippen LogP contribution in [0.25, 0.3) is 0 Å². The van der Waals surface area contributed by atoms with Crippen LogP contribution in [0.3, 0.4) is 0 Å². The van der Waals surface area contributed by atoms with Crippen LogP contribution in [0.4, 0.5) is 5.82 Å². The maximum atomic E-state index is 5.06. The topological polar surface area (TPSA) is 47.0 Å². The molecule has 0 spiro atoms. The summed E-state index contributed by atoms with van der Waals surface area (Å²) in [4.78, 5) is 8.87. The Balaban J connectivity index is 2.21. The fourth-order valence-corrected chi connectivity index (χ4v) is 1.57. The maximum Gasteiger partial charge on any atom is 0.156 e. The van der Waals surface area contributed by atoms with E-state index >= 15 is 0 Å². The Hall–Kier alpha value is -1.16. The number of ether oxygens (including phenoxy) is 1. The minimum atomic E-state index is 0.485. The molecule has 1 fully saturated rings. The lowest BCUT2D eigenvalue weighted by Crippen LogP contribution is -2.06. The summed E-state index contributed by atoms with van der Waals surface area (Å²) in [5.41, 5.74) is 1.16. The normalized spacial score (nSPS) is 15.3. The first-order valence-corrected chi connectivity index (χ1v) is 5.44. The molecule has 0 amide bonds. The van der Waals surface area contributed by atoms with Crippen LogP contribution in [0.1, 0.15) is 37.2 Å². The zero-order chi connectivity index (χ0) is 10.7. The molecule has 0 bridgehead atoms. The van der Waals surface area contributed by atoms with E-state index in [9.17, 15) is 0 Å². The van der Waals surface area contributed by atoms with Crippen molar-refractivity contribution in [3.05, 3.63) is 17.6 Å². The van der Waals surface area contributed by atoms with Crippen molar-refractivity contribution in [3.63, 3.8) is 0 Å². The second kappa shape index (κ2) is 4.57. The molecule has 1 aromatic rings. The van der Waals surface area contributed by atoms with Crippen molar-refractivity contribution in [1.82, 2.24) is 9.97 Å². The first-order valence-electron chi connectivity index (χ1n) is 5.44. The highest BCUT2D eigenvalue weighted by atomic mass is 16.5. The van der Waals surface area contributed by atoms with E-state index in [4.69, 9.17) is 4.74 Å². The number of nitrogens with zero attached hydrogens (tertiary/aromatic N) is 2. The molecule has 82 valence electrons. The van der Waals surface area contributed by atoms with Gasteiger partial charge >= 0.3 is 0 Å². The SMILES string of the molecule is CCNc1cc(C2CC2)nc(COC)n1. The van der Waals surface area contributed by atoms with Gasteiger partial charge in [-0.2, -0.15) is 0 Å². The molecule has 1 aliphatic carbocycles. The Labute approximate surface area is 90.1 Å². The number of rotatable bonds is 5. The molecular weight excluding hydrogens is 190 g/mol. The molecule has 0 unspecified atom stereocenters. The maximum absolute atomic E-state index is 5.06. The molecule has 4 heteroatoms. The molecule has 15 heavy (non-hydrogen) atoms. The number of hydrogen-bond donors (Lipinski definition) is 1. The van der Waals surface area contributed by atoms with Crippen molar-refractivity contribution in [2.24, 2.45) is 0 Å². The van der Waals surface area contributed by atoms with E-state index in [0.29, 0.717) is 12.5 Å². The first-order chi connectivity index (χ1) is 7.33. The van der Waals surface area contributed by atoms with Gasteiger partial charge in [0.1, 0.15) is 12.4 Å². The molecule has 0 saturated heterocycles. The van der Waals surface area contributed by atoms with Gasteiger partial charge in [0.05, 0.1) is 0 Å². The third-order valence-corrected chi connectivity index (χ3v) is 2.42. The molecule has 1 saturated carbocycles. The van der Waals surface area contributed by atoms with E-state index in [1.54, 1.807) is 7.11 Å². The first kappa shape index (κ1) is 10.4. The van der Waals surface area contributed by atoms with E-state index in [-0.39, 0.29) is 0 Å². The van der Waals surface area contributed by atoms with E-state index in [1.807, 2.05) is 0 Å². The molecular formula is C11H17N3O. The van der Waals surface area contributed by atoms with Gasteiger partial charge in [-0.1, -0.05) is 0 Å². The number of anilines is 1. The Morgan fingerprint density at radius 1 is 1.47 bits per heavy atom. The Morgan fingerprint density at radius 3 is 2.87 bits per heavy atom. The highest BCUT2D eigenvalue weighted by molar-refractivity contribution is 5.37. The predicted molar refractivity (Wildman–Crippen MR) is 58.9 cm³/mol. The summed E-state index contributed by atoms with van der Waals surface area (Å²) in [5.74, 6) is 2.35. The quantitative estimate of drug-likeness (QED) is 0.801. The molecule has 1 aromatic heterocycles. The Morgan fingerprint density at radius 2 is 2.27 bits per heavy atom. The van der Waals surface area contributed by atoms with Crippen molar-refractivity contribution in [2.75, 3.05) is 19.0 Å². The second-order valence-corrected chi connectivity index (χ2v) is 3.83. The number of hydrogen-bond acceptors (Lipinski definition) is 4. The zero-order valence-electron chi connectivity index (χ0n) is 9.29. The van der Waals surface area contributed by atoms with Crippen LogP contribution in [0, 0.1) is 0 Å². The van der Waals surface area contributed by atoms with E-state index in [1.165, 1.54) is 12.8 Å². The number of nitrogens with one attached hydrogen (secondary N) is 1. The molecule has 1 N–H and O–H groups in total. The van der Waals surface area contributed by atoms with Crippen LogP contribution in [-0.4, -0.2) is 23.6 Å². The molecule has 0 radical (unpaired) electrons. The molecule has 1 aliphatic rings. The Kier molecular flexibility index (Phi) is 3.16. The van der Waals surface area contributed by atoms with Crippen LogP contribution < -0.4 is 5.32 Å². The monoisotopic (exact) mass is 207 g/mol. The standard InChI is InChI=1S/C11H17N3O/c1-3-12-10-6-9(8-4-5-8)13-11(14-10)7-15-2/h6,8H,3-5,7H2,1-2H3,(H,12,13,14). The molecule has 4 nitrogen and oxygen atoms in total. The predicted octanol–water partition coefficient (Wildman–Crippen LogP) is 1.93. The van der Waals surface area contributed by atoms with Gasteiger partial charge < -0.3 is 10.1 Å². The summed E-state index contributed by atoms with van der Waals surface area (Å²) in [6, 6.07) is 2.06. The van der Waals surface area contributed by atoms with Crippen LogP contribution in [-0.2, 0) is 11.3 Å². The van der Waals surface area contributed by atoms with Crippen molar-refractivity contribution >= 4 is 5.82 Å². The lowest BCUT2D eigenvalue weighted by Gasteiger charge is -2.07. The molecule has 2 rings (SSSR count). The van der Waals surface area contributed by atoms with Gasteiger partial charge in [-0.3, -0.25) is 0 Å². The molecule has 1 heterocycles. The summed E-state index contributed by atoms with van der Waals surface area (Å²) < 4.78 is 5.06. The fourth-order valence-electron chi connectivity index (χ4n) is 1.57. The van der Waals surface area contributed by atoms with Crippen LogP contribution in [0.15, 0.2) is 6.07 Å². The summed E-state index contributed by atoms with van der Waals surface area (Å²) in [6.07, 6.45) is 2.52. The van der Waals surface area contributed by atoms with Crippen molar-refractivity contribution < 1.29 is 4.74 Å². The summed E-state index contributed by atoms with van der Waals surface area (Å²) in [7, 11) is 1.67. The summed E-state index contributed by atoms with van der Waals surface area (Å²) >= 11 is 0. The van der Waals surface area contributed by atoms with Gasteiger partial charge in [-0.05, 0) is 19.8 Å². The average Bonchev–Trinajstić information content (AvgIpc) is 3.01. The van der Waals surface area contributed by atoms with Crippen molar-refractivity contribution in [2.45, 2.75) is 32.3 Å². The fraction of sp³-hybridized carbons (Fsp3) is 0.636. The zero-order valence-corrected chi connectivity index (χ0v) is 9.29. The third kappa shape index (κ3) is 2.65. The van der Waals surface area contributed by atoms with Gasteiger partial charge in [-0.25, -0.2) is 9.97 Å². The summed E-state index contributed by atoms with van der Waals surface area (Å²) in [5, 5.41) is 3.22. The number of methoxy groups -OCH3 is 1. The van der Waals surface area contributed by atoms with Crippen LogP contribution in [0.5, 0.6) is 0 Å². The smallest absolute Gasteiger partial charge is 0.156 e. The van der Waals surface area contributed by atoms with E-state index < -0.39 is 0 Å². The van der Waals surface area contributed by atoms with Gasteiger partial charge in [0.15, 0.2) is 5.82 Å². The molecule has 0 aliphatic heterocycles. The third-order valence-electron chi connectivity index (χ3n) is 2.42. The van der Waals surface area contributed by atoms with Crippen molar-refractivity contribution in [1.29, 1.82) is 0 Å². The average molecular weight is 207 g/mol. The highest BCUT2D eigenvalue weighted by Crippen LogP contribution is 2.39. The van der Waals surface area contributed by atoms with E-state index in [2.05, 4.69) is 28.3 Å². The van der Waals surface area contributed by atoms with Gasteiger partial charge in [-0.15, -0.1) is 0 Å². The minimum absolute atomic E-state index is 0.485. The van der Waals surface area contributed by atoms with Gasteiger partial charge in [0.2, 0.25) is 0 Å². The minimum Gasteiger partial charge on any atom is -0.377 e. The van der Waals surface area contributed by atoms with E-state index in [0.717, 1.165) is 23.9 Å².